The van der Waals surface area contributed by atoms with Crippen molar-refractivity contribution in [2.24, 2.45) is 5.41 Å². The molecule has 76 valence electrons. The molecule has 0 bridgehead atoms. The molecule has 1 N–H and O–H groups in total. The maximum absolute atomic E-state index is 10.1. The second-order valence-electron chi connectivity index (χ2n) is 5.46. The molecular weight excluding hydrogens is 160 g/mol. The van der Waals surface area contributed by atoms with E-state index < -0.39 is 5.60 Å². The minimum absolute atomic E-state index is 0.334. The molecule has 1 aliphatic carbocycles. The van der Waals surface area contributed by atoms with E-state index in [0.29, 0.717) is 5.41 Å². The Morgan fingerprint density at radius 2 is 2.08 bits per heavy atom. The molecule has 0 fully saturated rings. The molecule has 1 rings (SSSR count). The SMILES string of the molecule is CC(C)(C)CCC1(O)C=CCCC1. The van der Waals surface area contributed by atoms with E-state index in [9.17, 15) is 5.11 Å². The monoisotopic (exact) mass is 182 g/mol. The molecular formula is C12H22O. The first-order valence-corrected chi connectivity index (χ1v) is 5.31. The number of hydrogen-bond donors (Lipinski definition) is 1. The van der Waals surface area contributed by atoms with Crippen LogP contribution in [-0.4, -0.2) is 10.7 Å². The summed E-state index contributed by atoms with van der Waals surface area (Å²) in [6, 6.07) is 0. The van der Waals surface area contributed by atoms with Gasteiger partial charge in [-0.1, -0.05) is 32.9 Å². The van der Waals surface area contributed by atoms with E-state index in [-0.39, 0.29) is 0 Å². The van der Waals surface area contributed by atoms with Gasteiger partial charge in [-0.25, -0.2) is 0 Å². The van der Waals surface area contributed by atoms with Gasteiger partial charge in [0.1, 0.15) is 0 Å². The van der Waals surface area contributed by atoms with Crippen molar-refractivity contribution < 1.29 is 5.11 Å². The second-order valence-corrected chi connectivity index (χ2v) is 5.46. The van der Waals surface area contributed by atoms with Gasteiger partial charge in [0.05, 0.1) is 5.60 Å². The predicted octanol–water partition coefficient (Wildman–Crippen LogP) is 3.28. The summed E-state index contributed by atoms with van der Waals surface area (Å²) < 4.78 is 0. The lowest BCUT2D eigenvalue weighted by Crippen LogP contribution is -2.29. The Bertz CT molecular complexity index is 188. The zero-order valence-corrected chi connectivity index (χ0v) is 9.14. The summed E-state index contributed by atoms with van der Waals surface area (Å²) in [7, 11) is 0. The van der Waals surface area contributed by atoms with Crippen LogP contribution in [0.1, 0.15) is 52.9 Å². The van der Waals surface area contributed by atoms with Gasteiger partial charge in [0.25, 0.3) is 0 Å². The number of aliphatic hydroxyl groups is 1. The molecule has 1 unspecified atom stereocenters. The van der Waals surface area contributed by atoms with Crippen LogP contribution in [0.2, 0.25) is 0 Å². The van der Waals surface area contributed by atoms with Gasteiger partial charge >= 0.3 is 0 Å². The van der Waals surface area contributed by atoms with Gasteiger partial charge in [-0.2, -0.15) is 0 Å². The molecule has 0 saturated heterocycles. The van der Waals surface area contributed by atoms with Gasteiger partial charge in [0.2, 0.25) is 0 Å². The topological polar surface area (TPSA) is 20.2 Å². The molecule has 0 heterocycles. The summed E-state index contributed by atoms with van der Waals surface area (Å²) in [5.41, 5.74) is -0.160. The van der Waals surface area contributed by atoms with E-state index in [1.54, 1.807) is 0 Å². The fraction of sp³-hybridized carbons (Fsp3) is 0.833. The quantitative estimate of drug-likeness (QED) is 0.650. The van der Waals surface area contributed by atoms with E-state index in [1.807, 2.05) is 6.08 Å². The molecule has 1 atom stereocenters. The molecule has 0 amide bonds. The van der Waals surface area contributed by atoms with E-state index in [0.717, 1.165) is 32.1 Å². The standard InChI is InChI=1S/C12H22O/c1-11(2,3)9-10-12(13)7-5-4-6-8-12/h5,7,13H,4,6,8-10H2,1-3H3. The fourth-order valence-corrected chi connectivity index (χ4v) is 1.71. The van der Waals surface area contributed by atoms with Crippen LogP contribution in [0.5, 0.6) is 0 Å². The number of rotatable bonds is 2. The molecule has 1 nitrogen and oxygen atoms in total. The second kappa shape index (κ2) is 3.83. The lowest BCUT2D eigenvalue weighted by molar-refractivity contribution is 0.0536. The number of allylic oxidation sites excluding steroid dienone is 1. The molecule has 0 radical (unpaired) electrons. The fourth-order valence-electron chi connectivity index (χ4n) is 1.71. The van der Waals surface area contributed by atoms with Gasteiger partial charge in [-0.05, 0) is 37.5 Å². The van der Waals surface area contributed by atoms with E-state index in [2.05, 4.69) is 26.8 Å². The molecule has 13 heavy (non-hydrogen) atoms. The van der Waals surface area contributed by atoms with Crippen molar-refractivity contribution in [1.29, 1.82) is 0 Å². The largest absolute Gasteiger partial charge is 0.386 e. The molecule has 1 aliphatic rings. The van der Waals surface area contributed by atoms with Gasteiger partial charge < -0.3 is 5.11 Å². The minimum Gasteiger partial charge on any atom is -0.386 e. The molecule has 0 aromatic carbocycles. The Kier molecular flexibility index (Phi) is 3.18. The summed E-state index contributed by atoms with van der Waals surface area (Å²) in [4.78, 5) is 0. The molecule has 0 spiro atoms. The first-order chi connectivity index (χ1) is 5.91. The highest BCUT2D eigenvalue weighted by atomic mass is 16.3. The van der Waals surface area contributed by atoms with Crippen molar-refractivity contribution >= 4 is 0 Å². The minimum atomic E-state index is -0.495. The summed E-state index contributed by atoms with van der Waals surface area (Å²) in [5, 5.41) is 10.1. The Morgan fingerprint density at radius 1 is 1.38 bits per heavy atom. The molecule has 0 saturated carbocycles. The average molecular weight is 182 g/mol. The van der Waals surface area contributed by atoms with Gasteiger partial charge in [0, 0.05) is 0 Å². The average Bonchev–Trinajstić information content (AvgIpc) is 2.02. The lowest BCUT2D eigenvalue weighted by Gasteiger charge is -2.30. The van der Waals surface area contributed by atoms with Crippen LogP contribution in [0.25, 0.3) is 0 Å². The highest BCUT2D eigenvalue weighted by molar-refractivity contribution is 5.04. The van der Waals surface area contributed by atoms with Crippen LogP contribution in [0.15, 0.2) is 12.2 Å². The summed E-state index contributed by atoms with van der Waals surface area (Å²) in [5.74, 6) is 0. The van der Waals surface area contributed by atoms with E-state index >= 15 is 0 Å². The van der Waals surface area contributed by atoms with Gasteiger partial charge in [0.15, 0.2) is 0 Å². The highest BCUT2D eigenvalue weighted by Crippen LogP contribution is 2.31. The van der Waals surface area contributed by atoms with Crippen LogP contribution < -0.4 is 0 Å². The Labute approximate surface area is 81.9 Å². The third-order valence-electron chi connectivity index (χ3n) is 2.72. The van der Waals surface area contributed by atoms with Crippen molar-refractivity contribution in [2.45, 2.75) is 58.5 Å². The third-order valence-corrected chi connectivity index (χ3v) is 2.72. The van der Waals surface area contributed by atoms with Crippen LogP contribution in [0.3, 0.4) is 0 Å². The Balaban J connectivity index is 2.43. The van der Waals surface area contributed by atoms with Crippen LogP contribution in [-0.2, 0) is 0 Å². The maximum atomic E-state index is 10.1. The Hall–Kier alpha value is -0.300. The van der Waals surface area contributed by atoms with Crippen LogP contribution in [0, 0.1) is 5.41 Å². The first kappa shape index (κ1) is 10.8. The summed E-state index contributed by atoms with van der Waals surface area (Å²) in [6.07, 6.45) is 9.34. The zero-order chi connectivity index (χ0) is 9.95. The van der Waals surface area contributed by atoms with Crippen molar-refractivity contribution in [3.63, 3.8) is 0 Å². The zero-order valence-electron chi connectivity index (χ0n) is 9.14. The molecule has 0 aromatic heterocycles. The normalized spacial score (nSPS) is 29.2. The van der Waals surface area contributed by atoms with Crippen molar-refractivity contribution in [2.75, 3.05) is 0 Å². The van der Waals surface area contributed by atoms with Crippen molar-refractivity contribution in [3.05, 3.63) is 12.2 Å². The summed E-state index contributed by atoms with van der Waals surface area (Å²) in [6.45, 7) is 6.68. The van der Waals surface area contributed by atoms with Crippen LogP contribution in [0.4, 0.5) is 0 Å². The summed E-state index contributed by atoms with van der Waals surface area (Å²) >= 11 is 0. The Morgan fingerprint density at radius 3 is 2.54 bits per heavy atom. The van der Waals surface area contributed by atoms with Gasteiger partial charge in [-0.15, -0.1) is 0 Å². The molecule has 0 aromatic rings. The first-order valence-electron chi connectivity index (χ1n) is 5.31. The van der Waals surface area contributed by atoms with E-state index in [4.69, 9.17) is 0 Å². The molecule has 1 heteroatoms. The van der Waals surface area contributed by atoms with Crippen molar-refractivity contribution in [1.82, 2.24) is 0 Å². The maximum Gasteiger partial charge on any atom is 0.0828 e. The van der Waals surface area contributed by atoms with E-state index in [1.165, 1.54) is 0 Å². The number of hydrogen-bond acceptors (Lipinski definition) is 1. The third kappa shape index (κ3) is 3.95. The molecule has 0 aliphatic heterocycles. The highest BCUT2D eigenvalue weighted by Gasteiger charge is 2.26. The lowest BCUT2D eigenvalue weighted by atomic mass is 9.81. The van der Waals surface area contributed by atoms with Crippen molar-refractivity contribution in [3.8, 4) is 0 Å². The predicted molar refractivity (Wildman–Crippen MR) is 56.6 cm³/mol. The smallest absolute Gasteiger partial charge is 0.0828 e. The van der Waals surface area contributed by atoms with Gasteiger partial charge in [-0.3, -0.25) is 0 Å². The van der Waals surface area contributed by atoms with Crippen LogP contribution >= 0.6 is 0 Å².